The molecule has 0 aromatic carbocycles. The standard InChI is InChI=1S/C21H38O3/c1-14(2)15-9-18(23-11-15)21(5,6)17-10-19(24-13-17)20(3,4)16-7-8-22-12-16/h14-19H,7-13H2,1-6H3/t15?,16-,17+,18?,19?/m0/s1. The highest BCUT2D eigenvalue weighted by molar-refractivity contribution is 4.98. The van der Waals surface area contributed by atoms with Crippen molar-refractivity contribution < 1.29 is 14.2 Å². The largest absolute Gasteiger partial charge is 0.381 e. The summed E-state index contributed by atoms with van der Waals surface area (Å²) in [5.74, 6) is 2.68. The first-order valence-electron chi connectivity index (χ1n) is 10.0. The molecule has 0 spiro atoms. The summed E-state index contributed by atoms with van der Waals surface area (Å²) in [5.41, 5.74) is 0.402. The monoisotopic (exact) mass is 338 g/mol. The van der Waals surface area contributed by atoms with Crippen LogP contribution in [0, 0.1) is 34.5 Å². The van der Waals surface area contributed by atoms with Crippen LogP contribution in [0.5, 0.6) is 0 Å². The van der Waals surface area contributed by atoms with Crippen molar-refractivity contribution in [3.63, 3.8) is 0 Å². The Morgan fingerprint density at radius 3 is 2.00 bits per heavy atom. The third-order valence-electron chi connectivity index (χ3n) is 7.66. The summed E-state index contributed by atoms with van der Waals surface area (Å²) in [6, 6.07) is 0. The summed E-state index contributed by atoms with van der Waals surface area (Å²) < 4.78 is 18.2. The summed E-state index contributed by atoms with van der Waals surface area (Å²) in [6.45, 7) is 17.9. The molecule has 140 valence electrons. The van der Waals surface area contributed by atoms with Gasteiger partial charge in [0.1, 0.15) is 0 Å². The van der Waals surface area contributed by atoms with Gasteiger partial charge in [0.2, 0.25) is 0 Å². The molecule has 3 saturated heterocycles. The van der Waals surface area contributed by atoms with Crippen LogP contribution in [0.3, 0.4) is 0 Å². The molecule has 3 unspecified atom stereocenters. The first-order valence-corrected chi connectivity index (χ1v) is 10.0. The lowest BCUT2D eigenvalue weighted by Gasteiger charge is -2.38. The van der Waals surface area contributed by atoms with Crippen LogP contribution in [0.1, 0.15) is 60.8 Å². The third-order valence-corrected chi connectivity index (χ3v) is 7.66. The maximum absolute atomic E-state index is 6.35. The highest BCUT2D eigenvalue weighted by atomic mass is 16.5. The molecule has 0 aromatic heterocycles. The molecule has 0 aromatic rings. The summed E-state index contributed by atoms with van der Waals surface area (Å²) in [5, 5.41) is 0. The van der Waals surface area contributed by atoms with Gasteiger partial charge >= 0.3 is 0 Å². The molecular formula is C21H38O3. The molecule has 3 aliphatic rings. The molecule has 0 N–H and O–H groups in total. The fourth-order valence-corrected chi connectivity index (χ4v) is 4.94. The number of ether oxygens (including phenoxy) is 3. The van der Waals surface area contributed by atoms with Crippen LogP contribution in [0.4, 0.5) is 0 Å². The summed E-state index contributed by atoms with van der Waals surface area (Å²) in [6.07, 6.45) is 4.31. The van der Waals surface area contributed by atoms with Crippen molar-refractivity contribution in [2.75, 3.05) is 26.4 Å². The minimum atomic E-state index is 0.195. The van der Waals surface area contributed by atoms with Crippen LogP contribution in [-0.4, -0.2) is 38.6 Å². The van der Waals surface area contributed by atoms with E-state index in [9.17, 15) is 0 Å². The van der Waals surface area contributed by atoms with Gasteiger partial charge in [-0.1, -0.05) is 41.5 Å². The van der Waals surface area contributed by atoms with E-state index < -0.39 is 0 Å². The van der Waals surface area contributed by atoms with Gasteiger partial charge in [0.25, 0.3) is 0 Å². The second-order valence-electron chi connectivity index (χ2n) is 10.0. The molecule has 5 atom stereocenters. The molecular weight excluding hydrogens is 300 g/mol. The Kier molecular flexibility index (Phi) is 5.36. The van der Waals surface area contributed by atoms with E-state index in [2.05, 4.69) is 41.5 Å². The highest BCUT2D eigenvalue weighted by Gasteiger charge is 2.50. The molecule has 0 radical (unpaired) electrons. The topological polar surface area (TPSA) is 27.7 Å². The molecule has 3 nitrogen and oxygen atoms in total. The van der Waals surface area contributed by atoms with Crippen LogP contribution in [-0.2, 0) is 14.2 Å². The maximum Gasteiger partial charge on any atom is 0.0633 e. The lowest BCUT2D eigenvalue weighted by Crippen LogP contribution is -2.39. The average Bonchev–Trinajstić information content (AvgIpc) is 3.25. The zero-order valence-corrected chi connectivity index (χ0v) is 16.6. The van der Waals surface area contributed by atoms with Gasteiger partial charge in [0.05, 0.1) is 32.0 Å². The molecule has 0 bridgehead atoms. The molecule has 3 fully saturated rings. The van der Waals surface area contributed by atoms with Gasteiger partial charge in [0, 0.05) is 6.61 Å². The Morgan fingerprint density at radius 1 is 0.792 bits per heavy atom. The van der Waals surface area contributed by atoms with Gasteiger partial charge in [0.15, 0.2) is 0 Å². The van der Waals surface area contributed by atoms with Crippen molar-refractivity contribution in [3.8, 4) is 0 Å². The molecule has 0 saturated carbocycles. The number of hydrogen-bond acceptors (Lipinski definition) is 3. The van der Waals surface area contributed by atoms with Gasteiger partial charge in [-0.2, -0.15) is 0 Å². The Bertz CT molecular complexity index is 423. The molecule has 24 heavy (non-hydrogen) atoms. The van der Waals surface area contributed by atoms with Gasteiger partial charge in [-0.05, 0) is 53.8 Å². The number of hydrogen-bond donors (Lipinski definition) is 0. The molecule has 3 aliphatic heterocycles. The van der Waals surface area contributed by atoms with Crippen LogP contribution < -0.4 is 0 Å². The van der Waals surface area contributed by atoms with Crippen molar-refractivity contribution in [2.24, 2.45) is 34.5 Å². The fraction of sp³-hybridized carbons (Fsp3) is 1.00. The molecule has 0 amide bonds. The molecule has 3 heteroatoms. The molecule has 0 aliphatic carbocycles. The Hall–Kier alpha value is -0.120. The van der Waals surface area contributed by atoms with Crippen molar-refractivity contribution in [3.05, 3.63) is 0 Å². The SMILES string of the molecule is CC(C)C1COC(C(C)(C)[C@H]2COC(C(C)(C)[C@H]3CCOC3)C2)C1. The van der Waals surface area contributed by atoms with E-state index in [1.54, 1.807) is 0 Å². The second-order valence-corrected chi connectivity index (χ2v) is 10.0. The van der Waals surface area contributed by atoms with Crippen LogP contribution in [0.15, 0.2) is 0 Å². The summed E-state index contributed by atoms with van der Waals surface area (Å²) in [4.78, 5) is 0. The van der Waals surface area contributed by atoms with Crippen LogP contribution in [0.2, 0.25) is 0 Å². The van der Waals surface area contributed by atoms with Gasteiger partial charge in [-0.3, -0.25) is 0 Å². The van der Waals surface area contributed by atoms with E-state index >= 15 is 0 Å². The fourth-order valence-electron chi connectivity index (χ4n) is 4.94. The Morgan fingerprint density at radius 2 is 1.42 bits per heavy atom. The van der Waals surface area contributed by atoms with Crippen molar-refractivity contribution in [2.45, 2.75) is 73.0 Å². The van der Waals surface area contributed by atoms with E-state index in [-0.39, 0.29) is 10.8 Å². The van der Waals surface area contributed by atoms with Gasteiger partial charge < -0.3 is 14.2 Å². The van der Waals surface area contributed by atoms with Gasteiger partial charge in [-0.25, -0.2) is 0 Å². The predicted molar refractivity (Wildman–Crippen MR) is 97.0 cm³/mol. The molecule has 3 rings (SSSR count). The minimum Gasteiger partial charge on any atom is -0.381 e. The van der Waals surface area contributed by atoms with Crippen LogP contribution >= 0.6 is 0 Å². The van der Waals surface area contributed by atoms with Crippen molar-refractivity contribution in [1.82, 2.24) is 0 Å². The zero-order valence-electron chi connectivity index (χ0n) is 16.6. The average molecular weight is 339 g/mol. The maximum atomic E-state index is 6.35. The zero-order chi connectivity index (χ0) is 17.5. The quantitative estimate of drug-likeness (QED) is 0.736. The normalized spacial score (nSPS) is 38.4. The Balaban J connectivity index is 1.62. The third kappa shape index (κ3) is 3.41. The summed E-state index contributed by atoms with van der Waals surface area (Å²) >= 11 is 0. The predicted octanol–water partition coefficient (Wildman–Crippen LogP) is 4.54. The van der Waals surface area contributed by atoms with E-state index in [1.165, 1.54) is 19.3 Å². The van der Waals surface area contributed by atoms with Crippen molar-refractivity contribution >= 4 is 0 Å². The lowest BCUT2D eigenvalue weighted by molar-refractivity contribution is -0.0280. The number of rotatable bonds is 5. The first-order chi connectivity index (χ1) is 11.2. The van der Waals surface area contributed by atoms with Gasteiger partial charge in [-0.15, -0.1) is 0 Å². The summed E-state index contributed by atoms with van der Waals surface area (Å²) in [7, 11) is 0. The smallest absolute Gasteiger partial charge is 0.0633 e. The van der Waals surface area contributed by atoms with E-state index in [0.29, 0.717) is 24.0 Å². The highest BCUT2D eigenvalue weighted by Crippen LogP contribution is 2.49. The van der Waals surface area contributed by atoms with E-state index in [0.717, 1.165) is 38.3 Å². The first kappa shape index (κ1) is 18.7. The second kappa shape index (κ2) is 6.89. The minimum absolute atomic E-state index is 0.195. The molecule has 3 heterocycles. The van der Waals surface area contributed by atoms with Crippen LogP contribution in [0.25, 0.3) is 0 Å². The Labute approximate surface area is 148 Å². The van der Waals surface area contributed by atoms with E-state index in [4.69, 9.17) is 14.2 Å². The lowest BCUT2D eigenvalue weighted by atomic mass is 9.67. The van der Waals surface area contributed by atoms with Crippen molar-refractivity contribution in [1.29, 1.82) is 0 Å². The van der Waals surface area contributed by atoms with E-state index in [1.807, 2.05) is 0 Å².